The highest BCUT2D eigenvalue weighted by Gasteiger charge is 2.24. The standard InChI is InChI=1S/C44H24O3/c1-3-15-31-29(13-1)40(25-21-22-28-26-11-5-8-18-36(26)45-39(28)23-25)30-14-2-4-16-32(30)41(31)35-24-34-27-12-6-9-19-37(27)46-43(34)42-33-17-7-10-20-38(33)47-44(35)42/h1-24H. The largest absolute Gasteiger partial charge is 0.456 e. The molecule has 0 bridgehead atoms. The maximum Gasteiger partial charge on any atom is 0.147 e. The van der Waals surface area contributed by atoms with E-state index in [9.17, 15) is 0 Å². The van der Waals surface area contributed by atoms with Gasteiger partial charge in [0.1, 0.15) is 33.5 Å². The maximum atomic E-state index is 6.76. The Morgan fingerprint density at radius 2 is 0.766 bits per heavy atom. The molecule has 0 aliphatic rings. The molecule has 11 rings (SSSR count). The van der Waals surface area contributed by atoms with Gasteiger partial charge in [-0.1, -0.05) is 109 Å². The van der Waals surface area contributed by atoms with Crippen LogP contribution in [0.15, 0.2) is 159 Å². The summed E-state index contributed by atoms with van der Waals surface area (Å²) in [5.41, 5.74) is 9.74. The fourth-order valence-corrected chi connectivity index (χ4v) is 7.86. The monoisotopic (exact) mass is 600 g/mol. The Balaban J connectivity index is 1.30. The molecule has 0 atom stereocenters. The molecule has 0 saturated heterocycles. The minimum atomic E-state index is 0.838. The average molecular weight is 601 g/mol. The molecule has 0 N–H and O–H groups in total. The summed E-state index contributed by atoms with van der Waals surface area (Å²) in [5.74, 6) is 0. The molecule has 218 valence electrons. The second kappa shape index (κ2) is 9.12. The molecule has 0 amide bonds. The maximum absolute atomic E-state index is 6.76. The van der Waals surface area contributed by atoms with Crippen molar-refractivity contribution in [3.63, 3.8) is 0 Å². The molecule has 0 saturated carbocycles. The predicted octanol–water partition coefficient (Wildman–Crippen LogP) is 13.0. The quantitative estimate of drug-likeness (QED) is 0.185. The van der Waals surface area contributed by atoms with Gasteiger partial charge < -0.3 is 13.3 Å². The van der Waals surface area contributed by atoms with Crippen LogP contribution in [0.2, 0.25) is 0 Å². The average Bonchev–Trinajstić information content (AvgIpc) is 3.81. The third-order valence-corrected chi connectivity index (χ3v) is 9.86. The summed E-state index contributed by atoms with van der Waals surface area (Å²) < 4.78 is 19.7. The first-order valence-electron chi connectivity index (χ1n) is 15.9. The molecule has 8 aromatic carbocycles. The van der Waals surface area contributed by atoms with Crippen molar-refractivity contribution >= 4 is 87.4 Å². The molecule has 11 aromatic rings. The summed E-state index contributed by atoms with van der Waals surface area (Å²) in [6.45, 7) is 0. The first-order chi connectivity index (χ1) is 23.3. The van der Waals surface area contributed by atoms with Crippen LogP contribution in [0.25, 0.3) is 110 Å². The highest BCUT2D eigenvalue weighted by Crippen LogP contribution is 2.49. The molecule has 3 nitrogen and oxygen atoms in total. The lowest BCUT2D eigenvalue weighted by Gasteiger charge is -2.18. The smallest absolute Gasteiger partial charge is 0.147 e. The van der Waals surface area contributed by atoms with Gasteiger partial charge in [-0.05, 0) is 69.1 Å². The number of benzene rings is 8. The minimum absolute atomic E-state index is 0.838. The van der Waals surface area contributed by atoms with Gasteiger partial charge in [0.25, 0.3) is 0 Å². The minimum Gasteiger partial charge on any atom is -0.456 e. The Morgan fingerprint density at radius 3 is 1.43 bits per heavy atom. The van der Waals surface area contributed by atoms with Crippen molar-refractivity contribution < 1.29 is 13.3 Å². The van der Waals surface area contributed by atoms with Gasteiger partial charge in [-0.25, -0.2) is 0 Å². The fraction of sp³-hybridized carbons (Fsp3) is 0. The van der Waals surface area contributed by atoms with Gasteiger partial charge in [-0.2, -0.15) is 0 Å². The Labute approximate surface area is 267 Å². The van der Waals surface area contributed by atoms with Crippen molar-refractivity contribution in [1.29, 1.82) is 0 Å². The highest BCUT2D eigenvalue weighted by molar-refractivity contribution is 6.29. The molecular formula is C44H24O3. The predicted molar refractivity (Wildman–Crippen MR) is 194 cm³/mol. The molecule has 0 aliphatic heterocycles. The second-order valence-corrected chi connectivity index (χ2v) is 12.4. The summed E-state index contributed by atoms with van der Waals surface area (Å²) in [7, 11) is 0. The Hall–Kier alpha value is -6.32. The van der Waals surface area contributed by atoms with E-state index in [0.717, 1.165) is 82.5 Å². The van der Waals surface area contributed by atoms with E-state index in [1.807, 2.05) is 36.4 Å². The summed E-state index contributed by atoms with van der Waals surface area (Å²) in [5, 5.41) is 11.2. The van der Waals surface area contributed by atoms with E-state index in [1.165, 1.54) is 27.1 Å². The van der Waals surface area contributed by atoms with E-state index in [-0.39, 0.29) is 0 Å². The van der Waals surface area contributed by atoms with Gasteiger partial charge in [0, 0.05) is 38.1 Å². The number of hydrogen-bond donors (Lipinski definition) is 0. The molecule has 3 heteroatoms. The van der Waals surface area contributed by atoms with E-state index in [4.69, 9.17) is 13.3 Å². The summed E-state index contributed by atoms with van der Waals surface area (Å²) in [6, 6.07) is 51.2. The van der Waals surface area contributed by atoms with Crippen LogP contribution in [0.1, 0.15) is 0 Å². The van der Waals surface area contributed by atoms with Crippen molar-refractivity contribution in [3.05, 3.63) is 146 Å². The highest BCUT2D eigenvalue weighted by atomic mass is 16.3. The molecule has 0 unspecified atom stereocenters. The number of fused-ring (bicyclic) bond motifs is 12. The van der Waals surface area contributed by atoms with Crippen molar-refractivity contribution in [2.45, 2.75) is 0 Å². The third kappa shape index (κ3) is 3.35. The number of hydrogen-bond acceptors (Lipinski definition) is 3. The van der Waals surface area contributed by atoms with Gasteiger partial charge >= 0.3 is 0 Å². The first-order valence-corrected chi connectivity index (χ1v) is 15.9. The van der Waals surface area contributed by atoms with Crippen LogP contribution < -0.4 is 0 Å². The molecule has 0 spiro atoms. The second-order valence-electron chi connectivity index (χ2n) is 12.4. The van der Waals surface area contributed by atoms with Gasteiger partial charge in [0.2, 0.25) is 0 Å². The van der Waals surface area contributed by atoms with Gasteiger partial charge in [-0.15, -0.1) is 0 Å². The van der Waals surface area contributed by atoms with Crippen LogP contribution in [0, 0.1) is 0 Å². The van der Waals surface area contributed by atoms with Crippen molar-refractivity contribution in [2.75, 3.05) is 0 Å². The van der Waals surface area contributed by atoms with Gasteiger partial charge in [-0.3, -0.25) is 0 Å². The zero-order chi connectivity index (χ0) is 30.6. The Morgan fingerprint density at radius 1 is 0.298 bits per heavy atom. The Bertz CT molecular complexity index is 3020. The topological polar surface area (TPSA) is 39.4 Å². The zero-order valence-corrected chi connectivity index (χ0v) is 25.1. The van der Waals surface area contributed by atoms with Crippen molar-refractivity contribution in [3.8, 4) is 22.3 Å². The van der Waals surface area contributed by atoms with Crippen LogP contribution >= 0.6 is 0 Å². The normalized spacial score (nSPS) is 12.3. The molecule has 47 heavy (non-hydrogen) atoms. The molecule has 3 aromatic heterocycles. The van der Waals surface area contributed by atoms with Crippen LogP contribution in [0.3, 0.4) is 0 Å². The first kappa shape index (κ1) is 24.9. The molecule has 0 fully saturated rings. The van der Waals surface area contributed by atoms with E-state index in [2.05, 4.69) is 109 Å². The molecular weight excluding hydrogens is 576 g/mol. The van der Waals surface area contributed by atoms with E-state index < -0.39 is 0 Å². The molecule has 3 heterocycles. The summed E-state index contributed by atoms with van der Waals surface area (Å²) >= 11 is 0. The zero-order valence-electron chi connectivity index (χ0n) is 25.1. The molecule has 0 aliphatic carbocycles. The van der Waals surface area contributed by atoms with Gasteiger partial charge in [0.05, 0.1) is 5.39 Å². The van der Waals surface area contributed by atoms with Crippen LogP contribution in [-0.4, -0.2) is 0 Å². The number of furan rings is 3. The van der Waals surface area contributed by atoms with Crippen molar-refractivity contribution in [2.24, 2.45) is 0 Å². The van der Waals surface area contributed by atoms with Crippen LogP contribution in [0.4, 0.5) is 0 Å². The van der Waals surface area contributed by atoms with E-state index in [1.54, 1.807) is 0 Å². The SMILES string of the molecule is c1ccc2c(c1)oc1cc(-c3c4ccccc4c(-c4cc5c6ccccc6oc5c5c4oc4ccccc45)c4ccccc34)ccc12. The fourth-order valence-electron chi connectivity index (χ4n) is 7.86. The molecule has 0 radical (unpaired) electrons. The number of rotatable bonds is 2. The lowest BCUT2D eigenvalue weighted by atomic mass is 9.85. The lowest BCUT2D eigenvalue weighted by molar-refractivity contribution is 0.663. The number of para-hydroxylation sites is 3. The summed E-state index contributed by atoms with van der Waals surface area (Å²) in [6.07, 6.45) is 0. The van der Waals surface area contributed by atoms with Gasteiger partial charge in [0.15, 0.2) is 0 Å². The Kier molecular flexibility index (Phi) is 4.84. The van der Waals surface area contributed by atoms with Crippen LogP contribution in [-0.2, 0) is 0 Å². The van der Waals surface area contributed by atoms with E-state index >= 15 is 0 Å². The lowest BCUT2D eigenvalue weighted by Crippen LogP contribution is -1.91. The van der Waals surface area contributed by atoms with Crippen molar-refractivity contribution in [1.82, 2.24) is 0 Å². The summed E-state index contributed by atoms with van der Waals surface area (Å²) in [4.78, 5) is 0. The van der Waals surface area contributed by atoms with E-state index in [0.29, 0.717) is 0 Å². The third-order valence-electron chi connectivity index (χ3n) is 9.86. The van der Waals surface area contributed by atoms with Crippen LogP contribution in [0.5, 0.6) is 0 Å².